The summed E-state index contributed by atoms with van der Waals surface area (Å²) >= 11 is 1.86. The summed E-state index contributed by atoms with van der Waals surface area (Å²) in [5, 5.41) is 1.07. The van der Waals surface area contributed by atoms with Gasteiger partial charge in [-0.2, -0.15) is 0 Å². The number of hydrogen-bond acceptors (Lipinski definition) is 2. The van der Waals surface area contributed by atoms with Crippen LogP contribution in [0.5, 0.6) is 0 Å². The molecule has 0 bridgehead atoms. The van der Waals surface area contributed by atoms with Crippen LogP contribution in [-0.4, -0.2) is 15.7 Å². The lowest BCUT2D eigenvalue weighted by atomic mass is 10.1. The molecule has 0 aliphatic heterocycles. The molecule has 0 aliphatic rings. The van der Waals surface area contributed by atoms with Crippen LogP contribution in [0, 0.1) is 0 Å². The van der Waals surface area contributed by atoms with Gasteiger partial charge in [-0.25, -0.2) is 4.98 Å². The lowest BCUT2D eigenvalue weighted by Gasteiger charge is -2.02. The summed E-state index contributed by atoms with van der Waals surface area (Å²) in [5.41, 5.74) is 2.23. The summed E-state index contributed by atoms with van der Waals surface area (Å²) in [6.07, 6.45) is 16.9. The first-order valence-electron chi connectivity index (χ1n) is 9.97. The average molecular weight is 347 g/mol. The number of para-hydroxylation sites is 2. The zero-order valence-corrected chi connectivity index (χ0v) is 16.2. The van der Waals surface area contributed by atoms with Gasteiger partial charge in [-0.1, -0.05) is 101 Å². The Hall–Kier alpha value is -0.960. The maximum absolute atomic E-state index is 4.61. The van der Waals surface area contributed by atoms with E-state index in [1.54, 1.807) is 0 Å². The van der Waals surface area contributed by atoms with Crippen molar-refractivity contribution in [3.8, 4) is 0 Å². The summed E-state index contributed by atoms with van der Waals surface area (Å²) in [6, 6.07) is 8.26. The summed E-state index contributed by atoms with van der Waals surface area (Å²) in [4.78, 5) is 8.01. The van der Waals surface area contributed by atoms with E-state index in [-0.39, 0.29) is 0 Å². The second-order valence-electron chi connectivity index (χ2n) is 6.80. The first-order valence-corrected chi connectivity index (χ1v) is 11.0. The Morgan fingerprint density at radius 3 is 2.00 bits per heavy atom. The number of benzene rings is 1. The molecule has 0 spiro atoms. The van der Waals surface area contributed by atoms with Crippen LogP contribution >= 0.6 is 11.8 Å². The highest BCUT2D eigenvalue weighted by atomic mass is 32.2. The van der Waals surface area contributed by atoms with Crippen LogP contribution in [0.1, 0.15) is 84.0 Å². The lowest BCUT2D eigenvalue weighted by Crippen LogP contribution is -1.85. The largest absolute Gasteiger partial charge is 0.333 e. The van der Waals surface area contributed by atoms with E-state index in [2.05, 4.69) is 35.1 Å². The number of rotatable bonds is 14. The number of fused-ring (bicyclic) bond motifs is 1. The number of aromatic amines is 1. The normalized spacial score (nSPS) is 11.4. The van der Waals surface area contributed by atoms with E-state index in [9.17, 15) is 0 Å². The minimum Gasteiger partial charge on any atom is -0.333 e. The minimum atomic E-state index is 1.07. The summed E-state index contributed by atoms with van der Waals surface area (Å²) in [5.74, 6) is 1.18. The van der Waals surface area contributed by atoms with Gasteiger partial charge in [-0.15, -0.1) is 0 Å². The molecule has 0 fully saturated rings. The van der Waals surface area contributed by atoms with Crippen LogP contribution in [-0.2, 0) is 0 Å². The molecule has 0 amide bonds. The van der Waals surface area contributed by atoms with E-state index < -0.39 is 0 Å². The molecule has 0 atom stereocenters. The molecule has 0 radical (unpaired) electrons. The van der Waals surface area contributed by atoms with Gasteiger partial charge in [0.25, 0.3) is 0 Å². The monoisotopic (exact) mass is 346 g/mol. The fourth-order valence-electron chi connectivity index (χ4n) is 3.11. The number of aromatic nitrogens is 2. The first kappa shape index (κ1) is 19.4. The molecule has 2 aromatic rings. The first-order chi connectivity index (χ1) is 11.9. The van der Waals surface area contributed by atoms with E-state index in [0.717, 1.165) is 16.2 Å². The Bertz CT molecular complexity index is 517. The van der Waals surface area contributed by atoms with Crippen LogP contribution < -0.4 is 0 Å². The van der Waals surface area contributed by atoms with Crippen molar-refractivity contribution in [1.82, 2.24) is 9.97 Å². The molecule has 0 saturated carbocycles. The topological polar surface area (TPSA) is 28.7 Å². The van der Waals surface area contributed by atoms with Crippen molar-refractivity contribution in [2.45, 2.75) is 89.1 Å². The fourth-order valence-corrected chi connectivity index (χ4v) is 4.00. The number of nitrogens with one attached hydrogen (secondary N) is 1. The number of H-pyrrole nitrogens is 1. The summed E-state index contributed by atoms with van der Waals surface area (Å²) < 4.78 is 0. The second kappa shape index (κ2) is 12.4. The molecule has 0 unspecified atom stereocenters. The fraction of sp³-hybridized carbons (Fsp3) is 0.667. The maximum Gasteiger partial charge on any atom is 0.166 e. The molecule has 1 aromatic carbocycles. The van der Waals surface area contributed by atoms with E-state index in [1.165, 1.54) is 82.8 Å². The van der Waals surface area contributed by atoms with E-state index in [4.69, 9.17) is 0 Å². The van der Waals surface area contributed by atoms with Crippen LogP contribution in [0.15, 0.2) is 29.4 Å². The third kappa shape index (κ3) is 7.74. The average Bonchev–Trinajstić information content (AvgIpc) is 3.02. The Morgan fingerprint density at radius 1 is 0.792 bits per heavy atom. The lowest BCUT2D eigenvalue weighted by molar-refractivity contribution is 0.548. The molecule has 0 aliphatic carbocycles. The number of nitrogens with zero attached hydrogens (tertiary/aromatic N) is 1. The van der Waals surface area contributed by atoms with Gasteiger partial charge >= 0.3 is 0 Å². The van der Waals surface area contributed by atoms with Crippen LogP contribution in [0.2, 0.25) is 0 Å². The number of unbranched alkanes of at least 4 members (excludes halogenated alkanes) is 11. The Kier molecular flexibility index (Phi) is 10.0. The van der Waals surface area contributed by atoms with Gasteiger partial charge < -0.3 is 4.98 Å². The number of hydrogen-bond donors (Lipinski definition) is 1. The van der Waals surface area contributed by atoms with Gasteiger partial charge in [-0.05, 0) is 18.6 Å². The van der Waals surface area contributed by atoms with E-state index in [1.807, 2.05) is 17.8 Å². The van der Waals surface area contributed by atoms with E-state index in [0.29, 0.717) is 0 Å². The predicted octanol–water partition coefficient (Wildman–Crippen LogP) is 7.36. The molecule has 2 rings (SSSR count). The van der Waals surface area contributed by atoms with Crippen LogP contribution in [0.4, 0.5) is 0 Å². The van der Waals surface area contributed by atoms with Gasteiger partial charge in [0.15, 0.2) is 5.16 Å². The second-order valence-corrected chi connectivity index (χ2v) is 7.88. The third-order valence-electron chi connectivity index (χ3n) is 4.60. The van der Waals surface area contributed by atoms with Gasteiger partial charge in [-0.3, -0.25) is 0 Å². The highest BCUT2D eigenvalue weighted by Gasteiger charge is 2.02. The Balaban J connectivity index is 1.39. The van der Waals surface area contributed by atoms with Gasteiger partial charge in [0.05, 0.1) is 11.0 Å². The summed E-state index contributed by atoms with van der Waals surface area (Å²) in [6.45, 7) is 2.29. The van der Waals surface area contributed by atoms with Crippen molar-refractivity contribution in [3.05, 3.63) is 24.3 Å². The molecule has 24 heavy (non-hydrogen) atoms. The molecular weight excluding hydrogens is 312 g/mol. The SMILES string of the molecule is CCCCCCCCCCCCCCSc1nc2ccccc2[nH]1. The van der Waals surface area contributed by atoms with Crippen LogP contribution in [0.3, 0.4) is 0 Å². The molecule has 3 heteroatoms. The highest BCUT2D eigenvalue weighted by molar-refractivity contribution is 7.99. The molecule has 1 heterocycles. The third-order valence-corrected chi connectivity index (χ3v) is 5.56. The predicted molar refractivity (Wildman–Crippen MR) is 108 cm³/mol. The summed E-state index contributed by atoms with van der Waals surface area (Å²) in [7, 11) is 0. The van der Waals surface area contributed by atoms with Crippen molar-refractivity contribution < 1.29 is 0 Å². The Morgan fingerprint density at radius 2 is 1.38 bits per heavy atom. The molecule has 134 valence electrons. The smallest absolute Gasteiger partial charge is 0.166 e. The minimum absolute atomic E-state index is 1.07. The van der Waals surface area contributed by atoms with E-state index >= 15 is 0 Å². The number of imidazole rings is 1. The van der Waals surface area contributed by atoms with Crippen molar-refractivity contribution in [3.63, 3.8) is 0 Å². The molecule has 1 N–H and O–H groups in total. The van der Waals surface area contributed by atoms with Gasteiger partial charge in [0, 0.05) is 5.75 Å². The van der Waals surface area contributed by atoms with Crippen molar-refractivity contribution in [2.24, 2.45) is 0 Å². The standard InChI is InChI=1S/C21H34N2S/c1-2-3-4-5-6-7-8-9-10-11-12-15-18-24-21-22-19-16-13-14-17-20(19)23-21/h13-14,16-17H,2-12,15,18H2,1H3,(H,22,23). The zero-order chi connectivity index (χ0) is 16.9. The van der Waals surface area contributed by atoms with Gasteiger partial charge in [0.1, 0.15) is 0 Å². The van der Waals surface area contributed by atoms with Crippen molar-refractivity contribution in [2.75, 3.05) is 5.75 Å². The molecule has 1 aromatic heterocycles. The van der Waals surface area contributed by atoms with Gasteiger partial charge in [0.2, 0.25) is 0 Å². The maximum atomic E-state index is 4.61. The highest BCUT2D eigenvalue weighted by Crippen LogP contribution is 2.21. The molecule has 0 saturated heterocycles. The quantitative estimate of drug-likeness (QED) is 0.286. The Labute approximate surface area is 152 Å². The van der Waals surface area contributed by atoms with Crippen molar-refractivity contribution >= 4 is 22.8 Å². The van der Waals surface area contributed by atoms with Crippen LogP contribution in [0.25, 0.3) is 11.0 Å². The van der Waals surface area contributed by atoms with Crippen molar-refractivity contribution in [1.29, 1.82) is 0 Å². The molecule has 2 nitrogen and oxygen atoms in total. The molecular formula is C21H34N2S. The number of thioether (sulfide) groups is 1. The zero-order valence-electron chi connectivity index (χ0n) is 15.4.